The molecule has 1 amide bonds. The van der Waals surface area contributed by atoms with E-state index in [1.165, 1.54) is 24.1 Å². The summed E-state index contributed by atoms with van der Waals surface area (Å²) in [5.74, 6) is -0.644. The number of nitro groups is 1. The zero-order chi connectivity index (χ0) is 22.3. The summed E-state index contributed by atoms with van der Waals surface area (Å²) in [4.78, 5) is 38.8. The third kappa shape index (κ3) is 3.54. The SMILES string of the molecule is COc1cc(C2CC(=O)N(c3ccc(C)cc3[N+](=O)[O-])C3=C2C(=O)CCC3)ccc1O. The smallest absolute Gasteiger partial charge is 0.293 e. The van der Waals surface area contributed by atoms with Crippen molar-refractivity contribution < 1.29 is 24.4 Å². The molecular formula is C23H22N2O6. The van der Waals surface area contributed by atoms with Crippen LogP contribution in [0.25, 0.3) is 0 Å². The van der Waals surface area contributed by atoms with Crippen molar-refractivity contribution in [2.24, 2.45) is 0 Å². The normalized spacial score (nSPS) is 18.8. The lowest BCUT2D eigenvalue weighted by atomic mass is 9.77. The van der Waals surface area contributed by atoms with Gasteiger partial charge in [0.05, 0.1) is 12.0 Å². The minimum absolute atomic E-state index is 0.0104. The van der Waals surface area contributed by atoms with Crippen molar-refractivity contribution >= 4 is 23.1 Å². The van der Waals surface area contributed by atoms with Crippen LogP contribution in [0.5, 0.6) is 11.5 Å². The maximum atomic E-state index is 13.3. The first-order chi connectivity index (χ1) is 14.8. The van der Waals surface area contributed by atoms with E-state index in [1.807, 2.05) is 0 Å². The first-order valence-electron chi connectivity index (χ1n) is 10.0. The molecule has 1 atom stereocenters. The number of ketones is 1. The maximum absolute atomic E-state index is 13.3. The molecule has 2 aromatic rings. The highest BCUT2D eigenvalue weighted by Crippen LogP contribution is 2.46. The van der Waals surface area contributed by atoms with E-state index in [0.29, 0.717) is 41.7 Å². The molecule has 160 valence electrons. The second-order valence-corrected chi connectivity index (χ2v) is 7.80. The number of amides is 1. The minimum atomic E-state index is -0.503. The molecule has 0 radical (unpaired) electrons. The molecule has 31 heavy (non-hydrogen) atoms. The molecule has 1 N–H and O–H groups in total. The molecule has 0 bridgehead atoms. The first kappa shape index (κ1) is 20.6. The predicted octanol–water partition coefficient (Wildman–Crippen LogP) is 4.15. The molecule has 1 heterocycles. The minimum Gasteiger partial charge on any atom is -0.504 e. The lowest BCUT2D eigenvalue weighted by Gasteiger charge is -2.38. The summed E-state index contributed by atoms with van der Waals surface area (Å²) in [7, 11) is 1.43. The number of allylic oxidation sites excluding steroid dienone is 2. The van der Waals surface area contributed by atoms with Crippen molar-refractivity contribution in [3.8, 4) is 11.5 Å². The van der Waals surface area contributed by atoms with Crippen LogP contribution in [0.2, 0.25) is 0 Å². The molecular weight excluding hydrogens is 400 g/mol. The molecule has 0 fully saturated rings. The third-order valence-electron chi connectivity index (χ3n) is 5.85. The second kappa shape index (κ2) is 7.86. The number of carbonyl (C=O) groups excluding carboxylic acids is 2. The van der Waals surface area contributed by atoms with E-state index in [2.05, 4.69) is 0 Å². The van der Waals surface area contributed by atoms with E-state index in [-0.39, 0.29) is 41.0 Å². The fraction of sp³-hybridized carbons (Fsp3) is 0.304. The molecule has 2 aromatic carbocycles. The standard InChI is InChI=1S/C23H22N2O6/c1-13-6-8-16(18(10-13)25(29)30)24-17-4-3-5-20(27)23(17)15(12-22(24)28)14-7-9-19(26)21(11-14)31-2/h6-11,15,26H,3-5,12H2,1-2H3. The van der Waals surface area contributed by atoms with E-state index in [4.69, 9.17) is 4.74 Å². The molecule has 1 unspecified atom stereocenters. The number of nitrogens with zero attached hydrogens (tertiary/aromatic N) is 2. The number of benzene rings is 2. The number of anilines is 1. The summed E-state index contributed by atoms with van der Waals surface area (Å²) in [6.45, 7) is 1.75. The van der Waals surface area contributed by atoms with E-state index in [9.17, 15) is 24.8 Å². The molecule has 0 saturated carbocycles. The number of methoxy groups -OCH3 is 1. The van der Waals surface area contributed by atoms with Gasteiger partial charge in [-0.1, -0.05) is 12.1 Å². The van der Waals surface area contributed by atoms with Crippen LogP contribution in [0, 0.1) is 17.0 Å². The molecule has 0 saturated heterocycles. The largest absolute Gasteiger partial charge is 0.504 e. The Morgan fingerprint density at radius 1 is 1.16 bits per heavy atom. The number of ether oxygens (including phenoxy) is 1. The average Bonchev–Trinajstić information content (AvgIpc) is 2.74. The van der Waals surface area contributed by atoms with Crippen LogP contribution >= 0.6 is 0 Å². The van der Waals surface area contributed by atoms with Gasteiger partial charge in [0, 0.05) is 36.1 Å². The number of hydrogen-bond acceptors (Lipinski definition) is 6. The van der Waals surface area contributed by atoms with Crippen molar-refractivity contribution in [3.63, 3.8) is 0 Å². The summed E-state index contributed by atoms with van der Waals surface area (Å²) in [5, 5.41) is 21.6. The van der Waals surface area contributed by atoms with Gasteiger partial charge < -0.3 is 9.84 Å². The Kier molecular flexibility index (Phi) is 5.22. The number of aromatic hydroxyl groups is 1. The summed E-state index contributed by atoms with van der Waals surface area (Å²) >= 11 is 0. The van der Waals surface area contributed by atoms with Crippen LogP contribution in [0.1, 0.15) is 42.7 Å². The topological polar surface area (TPSA) is 110 Å². The zero-order valence-electron chi connectivity index (χ0n) is 17.3. The Morgan fingerprint density at radius 3 is 2.65 bits per heavy atom. The summed E-state index contributed by atoms with van der Waals surface area (Å²) in [5.41, 5.74) is 2.45. The maximum Gasteiger partial charge on any atom is 0.293 e. The number of carbonyl (C=O) groups is 2. The van der Waals surface area contributed by atoms with Gasteiger partial charge in [0.2, 0.25) is 5.91 Å². The fourth-order valence-corrected chi connectivity index (χ4v) is 4.44. The molecule has 0 aromatic heterocycles. The Morgan fingerprint density at radius 2 is 1.94 bits per heavy atom. The van der Waals surface area contributed by atoms with Crippen LogP contribution in [-0.4, -0.2) is 28.8 Å². The molecule has 0 spiro atoms. The summed E-state index contributed by atoms with van der Waals surface area (Å²) in [6.07, 6.45) is 1.41. The van der Waals surface area contributed by atoms with E-state index in [1.54, 1.807) is 31.2 Å². The number of phenols is 1. The molecule has 2 aliphatic rings. The van der Waals surface area contributed by atoms with Crippen molar-refractivity contribution in [2.75, 3.05) is 12.0 Å². The quantitative estimate of drug-likeness (QED) is 0.586. The Labute approximate surface area is 178 Å². The van der Waals surface area contributed by atoms with Gasteiger partial charge >= 0.3 is 0 Å². The zero-order valence-corrected chi connectivity index (χ0v) is 17.3. The highest BCUT2D eigenvalue weighted by atomic mass is 16.6. The van der Waals surface area contributed by atoms with Crippen molar-refractivity contribution in [1.82, 2.24) is 0 Å². The fourth-order valence-electron chi connectivity index (χ4n) is 4.44. The van der Waals surface area contributed by atoms with E-state index >= 15 is 0 Å². The number of nitro benzene ring substituents is 1. The van der Waals surface area contributed by atoms with Crippen molar-refractivity contribution in [1.29, 1.82) is 0 Å². The van der Waals surface area contributed by atoms with Crippen LogP contribution in [0.15, 0.2) is 47.7 Å². The highest BCUT2D eigenvalue weighted by Gasteiger charge is 2.41. The van der Waals surface area contributed by atoms with Gasteiger partial charge in [-0.2, -0.15) is 0 Å². The lowest BCUT2D eigenvalue weighted by Crippen LogP contribution is -2.40. The van der Waals surface area contributed by atoms with E-state index in [0.717, 1.165) is 0 Å². The van der Waals surface area contributed by atoms with Gasteiger partial charge in [-0.25, -0.2) is 0 Å². The van der Waals surface area contributed by atoms with Crippen molar-refractivity contribution in [2.45, 2.75) is 38.5 Å². The number of hydrogen-bond donors (Lipinski definition) is 1. The lowest BCUT2D eigenvalue weighted by molar-refractivity contribution is -0.384. The van der Waals surface area contributed by atoms with Crippen LogP contribution in [0.4, 0.5) is 11.4 Å². The van der Waals surface area contributed by atoms with Gasteiger partial charge in [-0.3, -0.25) is 24.6 Å². The van der Waals surface area contributed by atoms with E-state index < -0.39 is 10.8 Å². The van der Waals surface area contributed by atoms with Crippen molar-refractivity contribution in [3.05, 3.63) is 68.9 Å². The number of phenolic OH excluding ortho intramolecular Hbond substituents is 1. The molecule has 8 heteroatoms. The first-order valence-corrected chi connectivity index (χ1v) is 10.0. The summed E-state index contributed by atoms with van der Waals surface area (Å²) < 4.78 is 5.19. The van der Waals surface area contributed by atoms with Gasteiger partial charge in [0.1, 0.15) is 5.69 Å². The number of Topliss-reactive ketones (excluding diaryl/α,β-unsaturated/α-hetero) is 1. The summed E-state index contributed by atoms with van der Waals surface area (Å²) in [6, 6.07) is 9.50. The average molecular weight is 422 g/mol. The Balaban J connectivity index is 1.90. The van der Waals surface area contributed by atoms with Gasteiger partial charge in [0.15, 0.2) is 17.3 Å². The Hall–Kier alpha value is -3.68. The Bertz CT molecular complexity index is 1140. The monoisotopic (exact) mass is 422 g/mol. The van der Waals surface area contributed by atoms with Gasteiger partial charge in [-0.15, -0.1) is 0 Å². The predicted molar refractivity (Wildman–Crippen MR) is 113 cm³/mol. The highest BCUT2D eigenvalue weighted by molar-refractivity contribution is 6.08. The van der Waals surface area contributed by atoms with Gasteiger partial charge in [-0.05, 0) is 49.1 Å². The van der Waals surface area contributed by atoms with Crippen LogP contribution in [-0.2, 0) is 9.59 Å². The van der Waals surface area contributed by atoms with Crippen LogP contribution in [0.3, 0.4) is 0 Å². The molecule has 1 aliphatic heterocycles. The third-order valence-corrected chi connectivity index (χ3v) is 5.85. The molecule has 4 rings (SSSR count). The van der Waals surface area contributed by atoms with Gasteiger partial charge in [0.25, 0.3) is 5.69 Å². The number of aryl methyl sites for hydroxylation is 1. The molecule has 1 aliphatic carbocycles. The second-order valence-electron chi connectivity index (χ2n) is 7.80. The number of rotatable bonds is 4. The molecule has 8 nitrogen and oxygen atoms in total. The van der Waals surface area contributed by atoms with Crippen LogP contribution < -0.4 is 9.64 Å².